The van der Waals surface area contributed by atoms with Gasteiger partial charge in [0.2, 0.25) is 5.89 Å². The second kappa shape index (κ2) is 7.51. The zero-order valence-corrected chi connectivity index (χ0v) is 11.9. The van der Waals surface area contributed by atoms with Crippen molar-refractivity contribution in [3.63, 3.8) is 0 Å². The highest BCUT2D eigenvalue weighted by molar-refractivity contribution is 5.82. The highest BCUT2D eigenvalue weighted by Gasteiger charge is 2.20. The summed E-state index contributed by atoms with van der Waals surface area (Å²) in [5.41, 5.74) is 0.781. The molecule has 1 atom stereocenters. The monoisotopic (exact) mass is 291 g/mol. The molecular weight excluding hydrogens is 274 g/mol. The van der Waals surface area contributed by atoms with Crippen LogP contribution in [0.4, 0.5) is 0 Å². The van der Waals surface area contributed by atoms with Gasteiger partial charge < -0.3 is 19.3 Å². The minimum atomic E-state index is -0.674. The Bertz CT molecular complexity index is 571. The molecule has 2 rings (SSSR count). The van der Waals surface area contributed by atoms with Gasteiger partial charge in [-0.25, -0.2) is 0 Å². The molecule has 7 heteroatoms. The summed E-state index contributed by atoms with van der Waals surface area (Å²) < 4.78 is 15.1. The average molecular weight is 291 g/mol. The highest BCUT2D eigenvalue weighted by atomic mass is 16.5. The number of rotatable bonds is 7. The number of methoxy groups -OCH3 is 2. The number of amides is 1. The van der Waals surface area contributed by atoms with Crippen LogP contribution < -0.4 is 5.32 Å². The van der Waals surface area contributed by atoms with Crippen LogP contribution in [0.2, 0.25) is 0 Å². The first-order valence-corrected chi connectivity index (χ1v) is 6.40. The van der Waals surface area contributed by atoms with Gasteiger partial charge in [0.05, 0.1) is 6.54 Å². The molecule has 1 unspecified atom stereocenters. The summed E-state index contributed by atoms with van der Waals surface area (Å²) >= 11 is 0. The van der Waals surface area contributed by atoms with Crippen LogP contribution >= 0.6 is 0 Å². The maximum absolute atomic E-state index is 12.1. The summed E-state index contributed by atoms with van der Waals surface area (Å²) in [6, 6.07) is 9.24. The molecule has 0 saturated heterocycles. The maximum Gasteiger partial charge on any atom is 0.254 e. The van der Waals surface area contributed by atoms with Crippen molar-refractivity contribution in [3.05, 3.63) is 47.6 Å². The van der Waals surface area contributed by atoms with Crippen molar-refractivity contribution in [2.45, 2.75) is 19.3 Å². The molecule has 1 heterocycles. The molecule has 1 N–H and O–H groups in total. The molecule has 0 aliphatic carbocycles. The van der Waals surface area contributed by atoms with Crippen molar-refractivity contribution in [1.82, 2.24) is 15.5 Å². The maximum atomic E-state index is 12.1. The summed E-state index contributed by atoms with van der Waals surface area (Å²) in [7, 11) is 3.03. The Morgan fingerprint density at radius 1 is 1.33 bits per heavy atom. The SMILES string of the molecule is COCc1noc(CNC(=O)C(OC)c2ccccc2)n1. The van der Waals surface area contributed by atoms with Crippen molar-refractivity contribution < 1.29 is 18.8 Å². The van der Waals surface area contributed by atoms with Gasteiger partial charge in [-0.3, -0.25) is 4.79 Å². The van der Waals surface area contributed by atoms with E-state index in [0.29, 0.717) is 11.7 Å². The molecule has 21 heavy (non-hydrogen) atoms. The van der Waals surface area contributed by atoms with E-state index < -0.39 is 6.10 Å². The van der Waals surface area contributed by atoms with Crippen molar-refractivity contribution in [2.24, 2.45) is 0 Å². The van der Waals surface area contributed by atoms with Gasteiger partial charge in [-0.15, -0.1) is 0 Å². The topological polar surface area (TPSA) is 86.5 Å². The van der Waals surface area contributed by atoms with E-state index in [2.05, 4.69) is 15.5 Å². The predicted molar refractivity (Wildman–Crippen MR) is 73.0 cm³/mol. The minimum absolute atomic E-state index is 0.141. The zero-order valence-electron chi connectivity index (χ0n) is 11.9. The quantitative estimate of drug-likeness (QED) is 0.825. The van der Waals surface area contributed by atoms with Crippen LogP contribution in [0.5, 0.6) is 0 Å². The van der Waals surface area contributed by atoms with Gasteiger partial charge in [-0.2, -0.15) is 4.98 Å². The molecular formula is C14H17N3O4. The zero-order chi connectivity index (χ0) is 15.1. The summed E-state index contributed by atoms with van der Waals surface area (Å²) in [5.74, 6) is 0.488. The number of benzene rings is 1. The first-order chi connectivity index (χ1) is 10.2. The van der Waals surface area contributed by atoms with E-state index in [0.717, 1.165) is 5.56 Å². The molecule has 1 aromatic carbocycles. The van der Waals surface area contributed by atoms with Crippen molar-refractivity contribution >= 4 is 5.91 Å². The molecule has 112 valence electrons. The molecule has 0 fully saturated rings. The highest BCUT2D eigenvalue weighted by Crippen LogP contribution is 2.16. The van der Waals surface area contributed by atoms with Crippen LogP contribution in [0.15, 0.2) is 34.9 Å². The third kappa shape index (κ3) is 4.11. The second-order valence-electron chi connectivity index (χ2n) is 4.28. The lowest BCUT2D eigenvalue weighted by Gasteiger charge is -2.14. The smallest absolute Gasteiger partial charge is 0.254 e. The fraction of sp³-hybridized carbons (Fsp3) is 0.357. The number of nitrogens with one attached hydrogen (secondary N) is 1. The van der Waals surface area contributed by atoms with Crippen LogP contribution in [0.1, 0.15) is 23.4 Å². The molecule has 0 radical (unpaired) electrons. The summed E-state index contributed by atoms with van der Waals surface area (Å²) in [5, 5.41) is 6.42. The van der Waals surface area contributed by atoms with E-state index >= 15 is 0 Å². The Balaban J connectivity index is 1.93. The Labute approximate surface area is 122 Å². The number of hydrogen-bond donors (Lipinski definition) is 1. The molecule has 7 nitrogen and oxygen atoms in total. The van der Waals surface area contributed by atoms with Gasteiger partial charge in [-0.1, -0.05) is 35.5 Å². The first kappa shape index (κ1) is 15.1. The largest absolute Gasteiger partial charge is 0.377 e. The summed E-state index contributed by atoms with van der Waals surface area (Å²) in [6.45, 7) is 0.407. The van der Waals surface area contributed by atoms with Gasteiger partial charge in [0.15, 0.2) is 11.9 Å². The minimum Gasteiger partial charge on any atom is -0.377 e. The fourth-order valence-corrected chi connectivity index (χ4v) is 1.83. The first-order valence-electron chi connectivity index (χ1n) is 6.40. The molecule has 1 amide bonds. The van der Waals surface area contributed by atoms with Crippen LogP contribution in [-0.2, 0) is 27.4 Å². The predicted octanol–water partition coefficient (Wildman–Crippen LogP) is 1.22. The van der Waals surface area contributed by atoms with Crippen LogP contribution in [0, 0.1) is 0 Å². The van der Waals surface area contributed by atoms with E-state index in [-0.39, 0.29) is 19.1 Å². The lowest BCUT2D eigenvalue weighted by atomic mass is 10.1. The lowest BCUT2D eigenvalue weighted by Crippen LogP contribution is -2.30. The summed E-state index contributed by atoms with van der Waals surface area (Å²) in [6.07, 6.45) is -0.674. The normalized spacial score (nSPS) is 12.1. The number of nitrogens with zero attached hydrogens (tertiary/aromatic N) is 2. The molecule has 2 aromatic rings. The number of carbonyl (C=O) groups is 1. The van der Waals surface area contributed by atoms with E-state index in [1.54, 1.807) is 7.11 Å². The number of aromatic nitrogens is 2. The van der Waals surface area contributed by atoms with E-state index in [1.807, 2.05) is 30.3 Å². The number of ether oxygens (including phenoxy) is 2. The van der Waals surface area contributed by atoms with Gasteiger partial charge in [-0.05, 0) is 5.56 Å². The second-order valence-corrected chi connectivity index (χ2v) is 4.28. The van der Waals surface area contributed by atoms with E-state index in [1.165, 1.54) is 7.11 Å². The molecule has 1 aromatic heterocycles. The number of hydrogen-bond acceptors (Lipinski definition) is 6. The van der Waals surface area contributed by atoms with E-state index in [4.69, 9.17) is 14.0 Å². The molecule has 0 bridgehead atoms. The average Bonchev–Trinajstić information content (AvgIpc) is 2.95. The van der Waals surface area contributed by atoms with Crippen molar-refractivity contribution in [2.75, 3.05) is 14.2 Å². The molecule has 0 aliphatic rings. The van der Waals surface area contributed by atoms with Crippen LogP contribution in [0.25, 0.3) is 0 Å². The van der Waals surface area contributed by atoms with Crippen molar-refractivity contribution in [1.29, 1.82) is 0 Å². The van der Waals surface area contributed by atoms with Gasteiger partial charge in [0, 0.05) is 14.2 Å². The third-order valence-corrected chi connectivity index (χ3v) is 2.77. The Morgan fingerprint density at radius 2 is 2.10 bits per heavy atom. The third-order valence-electron chi connectivity index (χ3n) is 2.77. The molecule has 0 saturated carbocycles. The van der Waals surface area contributed by atoms with Crippen LogP contribution in [0.3, 0.4) is 0 Å². The Morgan fingerprint density at radius 3 is 2.76 bits per heavy atom. The van der Waals surface area contributed by atoms with Crippen molar-refractivity contribution in [3.8, 4) is 0 Å². The Hall–Kier alpha value is -2.25. The van der Waals surface area contributed by atoms with Gasteiger partial charge >= 0.3 is 0 Å². The fourth-order valence-electron chi connectivity index (χ4n) is 1.83. The van der Waals surface area contributed by atoms with Gasteiger partial charge in [0.1, 0.15) is 6.61 Å². The standard InChI is InChI=1S/C14H17N3O4/c1-19-9-11-16-12(21-17-11)8-15-14(18)13(20-2)10-6-4-3-5-7-10/h3-7,13H,8-9H2,1-2H3,(H,15,18). The number of carbonyl (C=O) groups excluding carboxylic acids is 1. The molecule has 0 aliphatic heterocycles. The lowest BCUT2D eigenvalue weighted by molar-refractivity contribution is -0.131. The van der Waals surface area contributed by atoms with Crippen LogP contribution in [-0.4, -0.2) is 30.3 Å². The Kier molecular flexibility index (Phi) is 5.42. The molecule has 0 spiro atoms. The van der Waals surface area contributed by atoms with Gasteiger partial charge in [0.25, 0.3) is 5.91 Å². The van der Waals surface area contributed by atoms with E-state index in [9.17, 15) is 4.79 Å². The summed E-state index contributed by atoms with van der Waals surface area (Å²) in [4.78, 5) is 16.2.